The molecule has 0 radical (unpaired) electrons. The first-order valence-corrected chi connectivity index (χ1v) is 5.41. The van der Waals surface area contributed by atoms with Gasteiger partial charge < -0.3 is 15.8 Å². The number of hydrogen-bond donors (Lipinski definition) is 2. The third-order valence-corrected chi connectivity index (χ3v) is 2.01. The normalized spacial score (nSPS) is 9.94. The highest BCUT2D eigenvalue weighted by Gasteiger charge is 2.04. The van der Waals surface area contributed by atoms with Crippen molar-refractivity contribution < 1.29 is 14.3 Å². The van der Waals surface area contributed by atoms with E-state index in [2.05, 4.69) is 5.32 Å². The first-order chi connectivity index (χ1) is 8.13. The molecule has 1 rings (SSSR count). The molecule has 1 aromatic rings. The lowest BCUT2D eigenvalue weighted by Crippen LogP contribution is -2.19. The second kappa shape index (κ2) is 6.65. The lowest BCUT2D eigenvalue weighted by Gasteiger charge is -2.06. The molecule has 0 aliphatic rings. The zero-order valence-corrected chi connectivity index (χ0v) is 9.73. The van der Waals surface area contributed by atoms with Crippen molar-refractivity contribution in [3.8, 4) is 0 Å². The van der Waals surface area contributed by atoms with Gasteiger partial charge in [0.05, 0.1) is 0 Å². The Labute approximate surface area is 99.9 Å². The molecule has 1 aromatic carbocycles. The molecule has 0 atom stereocenters. The second-order valence-corrected chi connectivity index (χ2v) is 3.55. The third-order valence-electron chi connectivity index (χ3n) is 2.01. The van der Waals surface area contributed by atoms with Gasteiger partial charge in [0.15, 0.2) is 0 Å². The summed E-state index contributed by atoms with van der Waals surface area (Å²) >= 11 is 0. The van der Waals surface area contributed by atoms with Crippen LogP contribution >= 0.6 is 0 Å². The highest BCUT2D eigenvalue weighted by Crippen LogP contribution is 2.09. The summed E-state index contributed by atoms with van der Waals surface area (Å²) in [6.07, 6.45) is 0.866. The Morgan fingerprint density at radius 2 is 2.18 bits per heavy atom. The van der Waals surface area contributed by atoms with Gasteiger partial charge in [-0.1, -0.05) is 13.0 Å². The fourth-order valence-electron chi connectivity index (χ4n) is 1.26. The molecule has 0 unspecified atom stereocenters. The standard InChI is InChI=1S/C12H16N2O3/c1-2-6-17-8-11(15)14-10-5-3-4-9(7-10)12(13)16/h3-5,7H,2,6,8H2,1H3,(H2,13,16)(H,14,15). The van der Waals surface area contributed by atoms with Crippen LogP contribution in [-0.2, 0) is 9.53 Å². The summed E-state index contributed by atoms with van der Waals surface area (Å²) in [5, 5.41) is 2.62. The average Bonchev–Trinajstić information content (AvgIpc) is 2.29. The van der Waals surface area contributed by atoms with Gasteiger partial charge in [-0.3, -0.25) is 9.59 Å². The van der Waals surface area contributed by atoms with E-state index in [9.17, 15) is 9.59 Å². The first-order valence-electron chi connectivity index (χ1n) is 5.41. The number of nitrogens with one attached hydrogen (secondary N) is 1. The lowest BCUT2D eigenvalue weighted by molar-refractivity contribution is -0.120. The molecule has 2 amide bonds. The predicted molar refractivity (Wildman–Crippen MR) is 64.7 cm³/mol. The summed E-state index contributed by atoms with van der Waals surface area (Å²) < 4.78 is 5.09. The summed E-state index contributed by atoms with van der Waals surface area (Å²) in [4.78, 5) is 22.4. The topological polar surface area (TPSA) is 81.4 Å². The minimum atomic E-state index is -0.525. The van der Waals surface area contributed by atoms with E-state index in [1.807, 2.05) is 6.92 Å². The van der Waals surface area contributed by atoms with Crippen LogP contribution in [0.5, 0.6) is 0 Å². The highest BCUT2D eigenvalue weighted by molar-refractivity contribution is 5.96. The monoisotopic (exact) mass is 236 g/mol. The van der Waals surface area contributed by atoms with Crippen molar-refractivity contribution >= 4 is 17.5 Å². The van der Waals surface area contributed by atoms with Crippen molar-refractivity contribution in [2.75, 3.05) is 18.5 Å². The molecule has 0 heterocycles. The summed E-state index contributed by atoms with van der Waals surface area (Å²) in [7, 11) is 0. The smallest absolute Gasteiger partial charge is 0.250 e. The van der Waals surface area contributed by atoms with Gasteiger partial charge in [-0.05, 0) is 24.6 Å². The minimum absolute atomic E-state index is 0.00857. The van der Waals surface area contributed by atoms with Crippen LogP contribution in [0, 0.1) is 0 Å². The van der Waals surface area contributed by atoms with Crippen molar-refractivity contribution in [2.24, 2.45) is 5.73 Å². The number of carbonyl (C=O) groups is 2. The molecule has 3 N–H and O–H groups in total. The zero-order valence-electron chi connectivity index (χ0n) is 9.73. The van der Waals surface area contributed by atoms with Crippen LogP contribution in [0.2, 0.25) is 0 Å². The Balaban J connectivity index is 2.53. The quantitative estimate of drug-likeness (QED) is 0.727. The van der Waals surface area contributed by atoms with Crippen LogP contribution in [0.15, 0.2) is 24.3 Å². The van der Waals surface area contributed by atoms with E-state index >= 15 is 0 Å². The molecule has 0 fully saturated rings. The molecule has 0 saturated heterocycles. The maximum atomic E-state index is 11.4. The van der Waals surface area contributed by atoms with Crippen LogP contribution in [0.1, 0.15) is 23.7 Å². The number of primary amides is 1. The number of amides is 2. The van der Waals surface area contributed by atoms with Crippen molar-refractivity contribution in [3.05, 3.63) is 29.8 Å². The number of nitrogens with two attached hydrogens (primary N) is 1. The van der Waals surface area contributed by atoms with E-state index in [1.165, 1.54) is 6.07 Å². The zero-order chi connectivity index (χ0) is 12.7. The Kier molecular flexibility index (Phi) is 5.16. The fourth-order valence-corrected chi connectivity index (χ4v) is 1.26. The van der Waals surface area contributed by atoms with E-state index in [1.54, 1.807) is 18.2 Å². The summed E-state index contributed by atoms with van der Waals surface area (Å²) in [6, 6.07) is 6.46. The van der Waals surface area contributed by atoms with Crippen molar-refractivity contribution in [3.63, 3.8) is 0 Å². The number of benzene rings is 1. The molecule has 0 spiro atoms. The van der Waals surface area contributed by atoms with Gasteiger partial charge in [0.2, 0.25) is 11.8 Å². The van der Waals surface area contributed by atoms with Crippen molar-refractivity contribution in [1.29, 1.82) is 0 Å². The number of rotatable bonds is 6. The van der Waals surface area contributed by atoms with E-state index in [4.69, 9.17) is 10.5 Å². The van der Waals surface area contributed by atoms with Crippen LogP contribution in [0.4, 0.5) is 5.69 Å². The molecule has 17 heavy (non-hydrogen) atoms. The highest BCUT2D eigenvalue weighted by atomic mass is 16.5. The van der Waals surface area contributed by atoms with E-state index in [-0.39, 0.29) is 12.5 Å². The van der Waals surface area contributed by atoms with E-state index in [0.717, 1.165) is 6.42 Å². The largest absolute Gasteiger partial charge is 0.372 e. The maximum absolute atomic E-state index is 11.4. The molecule has 0 aliphatic carbocycles. The Morgan fingerprint density at radius 1 is 1.41 bits per heavy atom. The number of hydrogen-bond acceptors (Lipinski definition) is 3. The summed E-state index contributed by atoms with van der Waals surface area (Å²) in [5.41, 5.74) is 6.03. The molecular formula is C12H16N2O3. The first kappa shape index (κ1) is 13.2. The Bertz CT molecular complexity index is 404. The van der Waals surface area contributed by atoms with Crippen LogP contribution < -0.4 is 11.1 Å². The van der Waals surface area contributed by atoms with Gasteiger partial charge in [0.1, 0.15) is 6.61 Å². The lowest BCUT2D eigenvalue weighted by atomic mass is 10.2. The van der Waals surface area contributed by atoms with Crippen LogP contribution in [-0.4, -0.2) is 25.0 Å². The number of ether oxygens (including phenoxy) is 1. The van der Waals surface area contributed by atoms with Crippen molar-refractivity contribution in [2.45, 2.75) is 13.3 Å². The van der Waals surface area contributed by atoms with Gasteiger partial charge in [0, 0.05) is 17.9 Å². The number of anilines is 1. The summed E-state index contributed by atoms with van der Waals surface area (Å²) in [6.45, 7) is 2.53. The van der Waals surface area contributed by atoms with Crippen LogP contribution in [0.25, 0.3) is 0 Å². The van der Waals surface area contributed by atoms with Crippen LogP contribution in [0.3, 0.4) is 0 Å². The molecular weight excluding hydrogens is 220 g/mol. The fraction of sp³-hybridized carbons (Fsp3) is 0.333. The minimum Gasteiger partial charge on any atom is -0.372 e. The van der Waals surface area contributed by atoms with E-state index in [0.29, 0.717) is 17.9 Å². The Morgan fingerprint density at radius 3 is 2.82 bits per heavy atom. The molecule has 92 valence electrons. The SMILES string of the molecule is CCCOCC(=O)Nc1cccc(C(N)=O)c1. The summed E-state index contributed by atoms with van der Waals surface area (Å²) in [5.74, 6) is -0.775. The second-order valence-electron chi connectivity index (χ2n) is 3.55. The molecule has 0 saturated carbocycles. The number of carbonyl (C=O) groups excluding carboxylic acids is 2. The Hall–Kier alpha value is -1.88. The predicted octanol–water partition coefficient (Wildman–Crippen LogP) is 1.15. The van der Waals surface area contributed by atoms with Crippen molar-refractivity contribution in [1.82, 2.24) is 0 Å². The van der Waals surface area contributed by atoms with Gasteiger partial charge in [0.25, 0.3) is 0 Å². The third kappa shape index (κ3) is 4.65. The molecule has 5 nitrogen and oxygen atoms in total. The van der Waals surface area contributed by atoms with Gasteiger partial charge in [-0.15, -0.1) is 0 Å². The average molecular weight is 236 g/mol. The molecule has 5 heteroatoms. The molecule has 0 bridgehead atoms. The molecule has 0 aromatic heterocycles. The maximum Gasteiger partial charge on any atom is 0.250 e. The van der Waals surface area contributed by atoms with E-state index < -0.39 is 5.91 Å². The van der Waals surface area contributed by atoms with Gasteiger partial charge >= 0.3 is 0 Å². The van der Waals surface area contributed by atoms with Gasteiger partial charge in [-0.25, -0.2) is 0 Å². The van der Waals surface area contributed by atoms with Gasteiger partial charge in [-0.2, -0.15) is 0 Å². The molecule has 0 aliphatic heterocycles.